The number of carbonyl (C=O) groups excluding carboxylic acids is 5. The lowest BCUT2D eigenvalue weighted by molar-refractivity contribution is -0.153. The van der Waals surface area contributed by atoms with Gasteiger partial charge in [-0.3, -0.25) is 19.2 Å². The first-order valence-electron chi connectivity index (χ1n) is 12.9. The molecule has 1 aromatic rings. The number of ketones is 1. The number of ether oxygens (including phenoxy) is 1. The van der Waals surface area contributed by atoms with Gasteiger partial charge in [0.25, 0.3) is 0 Å². The van der Waals surface area contributed by atoms with Gasteiger partial charge >= 0.3 is 5.97 Å². The SMILES string of the molecule is C=C1C[C@H](C)C(=O)N[C@@H](C)C(=O)N(C)[C@H](Cc2ccc(O)c(Cl)c2)C(=O)N[C@@H](C)C(=O)O[C@@H](C)C[C@@H](C)C1=O. The van der Waals surface area contributed by atoms with Crippen molar-refractivity contribution >= 4 is 41.1 Å². The number of esters is 1. The van der Waals surface area contributed by atoms with Crippen molar-refractivity contribution < 1.29 is 33.8 Å². The summed E-state index contributed by atoms with van der Waals surface area (Å²) in [6, 6.07) is 1.30. The summed E-state index contributed by atoms with van der Waals surface area (Å²) in [5.41, 5.74) is 0.834. The molecule has 0 saturated carbocycles. The van der Waals surface area contributed by atoms with Gasteiger partial charge in [0.05, 0.1) is 11.1 Å². The second-order valence-electron chi connectivity index (χ2n) is 10.4. The molecule has 3 amide bonds. The van der Waals surface area contributed by atoms with E-state index in [1.165, 1.54) is 37.9 Å². The Morgan fingerprint density at radius 3 is 2.23 bits per heavy atom. The number of Topliss-reactive ketones (excluding diaryl/α,β-unsaturated/α-hetero) is 1. The minimum atomic E-state index is -1.08. The highest BCUT2D eigenvalue weighted by molar-refractivity contribution is 6.32. The summed E-state index contributed by atoms with van der Waals surface area (Å²) in [6.07, 6.45) is -0.265. The number of hydrogen-bond donors (Lipinski definition) is 3. The lowest BCUT2D eigenvalue weighted by Crippen LogP contribution is -2.56. The number of likely N-dealkylation sites (N-methyl/N-ethyl adjacent to an activating group) is 1. The molecule has 11 heteroatoms. The van der Waals surface area contributed by atoms with Crippen molar-refractivity contribution in [2.45, 2.75) is 78.1 Å². The molecule has 2 rings (SSSR count). The third-order valence-corrected chi connectivity index (χ3v) is 7.10. The Labute approximate surface area is 234 Å². The molecular formula is C28H38ClN3O7. The highest BCUT2D eigenvalue weighted by Crippen LogP contribution is 2.25. The van der Waals surface area contributed by atoms with Crippen LogP contribution >= 0.6 is 11.6 Å². The molecule has 1 heterocycles. The quantitative estimate of drug-likeness (QED) is 0.371. The first-order valence-corrected chi connectivity index (χ1v) is 13.3. The molecule has 0 unspecified atom stereocenters. The summed E-state index contributed by atoms with van der Waals surface area (Å²) >= 11 is 6.04. The molecule has 0 spiro atoms. The smallest absolute Gasteiger partial charge is 0.328 e. The highest BCUT2D eigenvalue weighted by atomic mass is 35.5. The fourth-order valence-electron chi connectivity index (χ4n) is 4.42. The number of nitrogens with one attached hydrogen (secondary N) is 2. The van der Waals surface area contributed by atoms with Crippen LogP contribution in [0.15, 0.2) is 30.4 Å². The lowest BCUT2D eigenvalue weighted by Gasteiger charge is -2.31. The lowest BCUT2D eigenvalue weighted by atomic mass is 9.90. The molecule has 0 aromatic heterocycles. The van der Waals surface area contributed by atoms with E-state index in [0.717, 1.165) is 0 Å². The second-order valence-corrected chi connectivity index (χ2v) is 10.8. The molecule has 1 aliphatic heterocycles. The predicted molar refractivity (Wildman–Crippen MR) is 146 cm³/mol. The van der Waals surface area contributed by atoms with Crippen LogP contribution in [0.1, 0.15) is 53.0 Å². The summed E-state index contributed by atoms with van der Waals surface area (Å²) in [5.74, 6) is -3.81. The molecule has 1 aliphatic rings. The van der Waals surface area contributed by atoms with E-state index >= 15 is 0 Å². The van der Waals surface area contributed by atoms with Crippen LogP contribution in [0.3, 0.4) is 0 Å². The maximum absolute atomic E-state index is 13.4. The zero-order valence-electron chi connectivity index (χ0n) is 23.2. The van der Waals surface area contributed by atoms with E-state index in [1.54, 1.807) is 26.8 Å². The normalized spacial score (nSPS) is 28.7. The molecule has 39 heavy (non-hydrogen) atoms. The van der Waals surface area contributed by atoms with Crippen molar-refractivity contribution in [2.24, 2.45) is 11.8 Å². The number of aromatic hydroxyl groups is 1. The standard InChI is InChI=1S/C28H38ClN3O7/c1-14-10-16(3)25(35)30-18(5)27(37)32(7)22(13-20-8-9-23(33)21(29)12-20)26(36)31-19(6)28(38)39-17(4)11-15(2)24(14)34/h8-9,12,15-19,22,33H,1,10-11,13H2,2-7H3,(H,30,35)(H,31,36)/t15-,16+,17+,18+,19+,22-/m1/s1. The number of halogens is 1. The summed E-state index contributed by atoms with van der Waals surface area (Å²) < 4.78 is 5.47. The van der Waals surface area contributed by atoms with E-state index in [-0.39, 0.29) is 41.4 Å². The maximum Gasteiger partial charge on any atom is 0.328 e. The van der Waals surface area contributed by atoms with E-state index in [0.29, 0.717) is 5.56 Å². The molecule has 6 atom stereocenters. The predicted octanol–water partition coefficient (Wildman–Crippen LogP) is 2.55. The number of phenolic OH excluding ortho intramolecular Hbond substituents is 1. The van der Waals surface area contributed by atoms with Crippen molar-refractivity contribution in [3.05, 3.63) is 40.9 Å². The Balaban J connectivity index is 2.41. The van der Waals surface area contributed by atoms with E-state index in [1.807, 2.05) is 0 Å². The third-order valence-electron chi connectivity index (χ3n) is 6.80. The molecule has 0 radical (unpaired) electrons. The average Bonchev–Trinajstić information content (AvgIpc) is 2.86. The number of nitrogens with zero attached hydrogens (tertiary/aromatic N) is 1. The number of carbonyl (C=O) groups is 5. The van der Waals surface area contributed by atoms with Crippen molar-refractivity contribution in [2.75, 3.05) is 7.05 Å². The van der Waals surface area contributed by atoms with Crippen molar-refractivity contribution in [3.63, 3.8) is 0 Å². The Morgan fingerprint density at radius 1 is 1.00 bits per heavy atom. The number of rotatable bonds is 2. The number of amides is 3. The molecule has 10 nitrogen and oxygen atoms in total. The average molecular weight is 564 g/mol. The van der Waals surface area contributed by atoms with Gasteiger partial charge in [-0.2, -0.15) is 0 Å². The monoisotopic (exact) mass is 563 g/mol. The van der Waals surface area contributed by atoms with Crippen LogP contribution in [0.2, 0.25) is 5.02 Å². The minimum absolute atomic E-state index is 0.0166. The van der Waals surface area contributed by atoms with Crippen LogP contribution in [0.4, 0.5) is 0 Å². The van der Waals surface area contributed by atoms with Crippen LogP contribution in [0, 0.1) is 11.8 Å². The largest absolute Gasteiger partial charge is 0.506 e. The Hall–Kier alpha value is -3.40. The van der Waals surface area contributed by atoms with Gasteiger partial charge in [0, 0.05) is 25.3 Å². The summed E-state index contributed by atoms with van der Waals surface area (Å²) in [5, 5.41) is 15.1. The van der Waals surface area contributed by atoms with E-state index < -0.39 is 59.8 Å². The van der Waals surface area contributed by atoms with Gasteiger partial charge in [-0.05, 0) is 56.9 Å². The molecular weight excluding hydrogens is 526 g/mol. The van der Waals surface area contributed by atoms with Gasteiger partial charge in [-0.1, -0.05) is 38.1 Å². The van der Waals surface area contributed by atoms with Crippen LogP contribution < -0.4 is 10.6 Å². The van der Waals surface area contributed by atoms with Crippen molar-refractivity contribution in [1.29, 1.82) is 0 Å². The Morgan fingerprint density at radius 2 is 1.62 bits per heavy atom. The van der Waals surface area contributed by atoms with Gasteiger partial charge < -0.3 is 25.4 Å². The Kier molecular flexibility index (Phi) is 11.1. The molecule has 0 aliphatic carbocycles. The minimum Gasteiger partial charge on any atom is -0.506 e. The van der Waals surface area contributed by atoms with Gasteiger partial charge in [0.2, 0.25) is 17.7 Å². The van der Waals surface area contributed by atoms with Crippen LogP contribution in [0.5, 0.6) is 5.75 Å². The summed E-state index contributed by atoms with van der Waals surface area (Å²) in [4.78, 5) is 66.2. The zero-order valence-corrected chi connectivity index (χ0v) is 24.0. The molecule has 1 fully saturated rings. The van der Waals surface area contributed by atoms with E-state index in [4.69, 9.17) is 16.3 Å². The number of phenols is 1. The van der Waals surface area contributed by atoms with Gasteiger partial charge in [-0.25, -0.2) is 4.79 Å². The van der Waals surface area contributed by atoms with Crippen molar-refractivity contribution in [1.82, 2.24) is 15.5 Å². The van der Waals surface area contributed by atoms with Crippen molar-refractivity contribution in [3.8, 4) is 5.75 Å². The molecule has 1 aromatic carbocycles. The van der Waals surface area contributed by atoms with E-state index in [9.17, 15) is 29.1 Å². The highest BCUT2D eigenvalue weighted by Gasteiger charge is 2.34. The molecule has 1 saturated heterocycles. The zero-order chi connectivity index (χ0) is 29.6. The fraction of sp³-hybridized carbons (Fsp3) is 0.536. The Bertz CT molecular complexity index is 1140. The van der Waals surface area contributed by atoms with Crippen LogP contribution in [-0.2, 0) is 35.1 Å². The summed E-state index contributed by atoms with van der Waals surface area (Å²) in [6.45, 7) is 11.8. The number of hydrogen-bond acceptors (Lipinski definition) is 7. The van der Waals surface area contributed by atoms with E-state index in [2.05, 4.69) is 17.2 Å². The maximum atomic E-state index is 13.4. The number of allylic oxidation sites excluding steroid dienone is 1. The second kappa shape index (κ2) is 13.6. The van der Waals surface area contributed by atoms with Gasteiger partial charge in [-0.15, -0.1) is 0 Å². The van der Waals surface area contributed by atoms with Crippen LogP contribution in [-0.4, -0.2) is 70.8 Å². The molecule has 3 N–H and O–H groups in total. The third kappa shape index (κ3) is 8.54. The topological polar surface area (TPSA) is 142 Å². The number of benzene rings is 1. The van der Waals surface area contributed by atoms with Crippen LogP contribution in [0.25, 0.3) is 0 Å². The first kappa shape index (κ1) is 31.8. The van der Waals surface area contributed by atoms with Gasteiger partial charge in [0.15, 0.2) is 5.78 Å². The fourth-order valence-corrected chi connectivity index (χ4v) is 4.62. The molecule has 214 valence electrons. The first-order chi connectivity index (χ1) is 18.1. The molecule has 0 bridgehead atoms. The summed E-state index contributed by atoms with van der Waals surface area (Å²) in [7, 11) is 1.42. The van der Waals surface area contributed by atoms with Gasteiger partial charge in [0.1, 0.15) is 23.9 Å². The number of cyclic esters (lactones) is 1.